The van der Waals surface area contributed by atoms with Crippen LogP contribution >= 0.6 is 0 Å². The minimum atomic E-state index is -0.802. The molecule has 2 atom stereocenters. The van der Waals surface area contributed by atoms with E-state index in [2.05, 4.69) is 26.1 Å². The van der Waals surface area contributed by atoms with Gasteiger partial charge in [0.05, 0.1) is 0 Å². The third-order valence-electron chi connectivity index (χ3n) is 4.60. The molecule has 2 amide bonds. The molecule has 3 N–H and O–H groups in total. The van der Waals surface area contributed by atoms with E-state index in [-0.39, 0.29) is 23.0 Å². The summed E-state index contributed by atoms with van der Waals surface area (Å²) in [6.07, 6.45) is 2.31. The molecule has 0 aromatic heterocycles. The van der Waals surface area contributed by atoms with Crippen molar-refractivity contribution in [3.8, 4) is 0 Å². The Morgan fingerprint density at radius 3 is 2.33 bits per heavy atom. The Morgan fingerprint density at radius 1 is 1.21 bits per heavy atom. The van der Waals surface area contributed by atoms with Crippen molar-refractivity contribution >= 4 is 17.6 Å². The van der Waals surface area contributed by atoms with E-state index in [0.29, 0.717) is 18.4 Å². The van der Waals surface area contributed by atoms with Crippen molar-refractivity contribution in [3.63, 3.8) is 0 Å². The molecule has 5 heteroatoms. The molecule has 0 unspecified atom stereocenters. The first kappa shape index (κ1) is 18.2. The highest BCUT2D eigenvalue weighted by atomic mass is 16.2. The van der Waals surface area contributed by atoms with Crippen molar-refractivity contribution in [1.82, 2.24) is 5.32 Å². The van der Waals surface area contributed by atoms with E-state index < -0.39 is 11.9 Å². The van der Waals surface area contributed by atoms with E-state index in [1.165, 1.54) is 0 Å². The smallest absolute Gasteiger partial charge is 0.251 e. The number of ketones is 1. The summed E-state index contributed by atoms with van der Waals surface area (Å²) < 4.78 is 0. The van der Waals surface area contributed by atoms with Crippen molar-refractivity contribution in [2.75, 3.05) is 0 Å². The van der Waals surface area contributed by atoms with Crippen LogP contribution in [0, 0.1) is 5.92 Å². The largest absolute Gasteiger partial charge is 0.368 e. The summed E-state index contributed by atoms with van der Waals surface area (Å²) >= 11 is 0. The molecular weight excluding hydrogens is 304 g/mol. The molecule has 0 spiro atoms. The minimum Gasteiger partial charge on any atom is -0.368 e. The van der Waals surface area contributed by atoms with Crippen molar-refractivity contribution in [3.05, 3.63) is 35.4 Å². The highest BCUT2D eigenvalue weighted by Crippen LogP contribution is 2.25. The fraction of sp³-hybridized carbons (Fsp3) is 0.526. The molecule has 0 aliphatic heterocycles. The van der Waals surface area contributed by atoms with Gasteiger partial charge in [-0.15, -0.1) is 0 Å². The van der Waals surface area contributed by atoms with Gasteiger partial charge in [0.2, 0.25) is 5.91 Å². The van der Waals surface area contributed by atoms with E-state index in [1.807, 2.05) is 12.1 Å². The van der Waals surface area contributed by atoms with Gasteiger partial charge in [-0.1, -0.05) is 32.9 Å². The van der Waals surface area contributed by atoms with Gasteiger partial charge in [-0.2, -0.15) is 0 Å². The number of hydrogen-bond acceptors (Lipinski definition) is 3. The number of benzene rings is 1. The average Bonchev–Trinajstić information content (AvgIpc) is 2.51. The van der Waals surface area contributed by atoms with E-state index >= 15 is 0 Å². The maximum atomic E-state index is 12.4. The standard InChI is InChI=1S/C19H26N2O3/c1-19(2,3)14-9-7-12(8-10-14)18(24)21-16(17(20)23)13-5-4-6-15(22)11-13/h7-10,13,16H,4-6,11H2,1-3H3,(H2,20,23)(H,21,24)/t13-,16-/m0/s1. The van der Waals surface area contributed by atoms with Crippen LogP contribution in [-0.2, 0) is 15.0 Å². The average molecular weight is 330 g/mol. The van der Waals surface area contributed by atoms with Crippen LogP contribution in [0.15, 0.2) is 24.3 Å². The normalized spacial score (nSPS) is 19.6. The second kappa shape index (κ2) is 7.16. The predicted molar refractivity (Wildman–Crippen MR) is 92.6 cm³/mol. The third kappa shape index (κ3) is 4.43. The Balaban J connectivity index is 2.10. The van der Waals surface area contributed by atoms with Gasteiger partial charge in [-0.3, -0.25) is 14.4 Å². The van der Waals surface area contributed by atoms with Crippen LogP contribution in [0.25, 0.3) is 0 Å². The molecule has 1 fully saturated rings. The van der Waals surface area contributed by atoms with Crippen LogP contribution in [0.4, 0.5) is 0 Å². The summed E-state index contributed by atoms with van der Waals surface area (Å²) in [5.74, 6) is -1.01. The van der Waals surface area contributed by atoms with Crippen molar-refractivity contribution in [1.29, 1.82) is 0 Å². The summed E-state index contributed by atoms with van der Waals surface area (Å²) in [4.78, 5) is 35.8. The Bertz CT molecular complexity index is 629. The van der Waals surface area contributed by atoms with E-state index in [4.69, 9.17) is 5.73 Å². The Hall–Kier alpha value is -2.17. The molecule has 0 bridgehead atoms. The number of rotatable bonds is 4. The van der Waals surface area contributed by atoms with Crippen LogP contribution in [0.5, 0.6) is 0 Å². The molecular formula is C19H26N2O3. The number of Topliss-reactive ketones (excluding diaryl/α,β-unsaturated/α-hetero) is 1. The van der Waals surface area contributed by atoms with Gasteiger partial charge in [-0.05, 0) is 41.9 Å². The van der Waals surface area contributed by atoms with Gasteiger partial charge in [0.15, 0.2) is 0 Å². The second-order valence-electron chi connectivity index (χ2n) is 7.58. The Kier molecular flexibility index (Phi) is 5.42. The van der Waals surface area contributed by atoms with Gasteiger partial charge in [-0.25, -0.2) is 0 Å². The van der Waals surface area contributed by atoms with Gasteiger partial charge in [0.25, 0.3) is 5.91 Å². The molecule has 1 saturated carbocycles. The highest BCUT2D eigenvalue weighted by Gasteiger charge is 2.32. The van der Waals surface area contributed by atoms with Gasteiger partial charge in [0, 0.05) is 18.4 Å². The number of primary amides is 1. The Labute approximate surface area is 143 Å². The number of amides is 2. The lowest BCUT2D eigenvalue weighted by Gasteiger charge is -2.28. The summed E-state index contributed by atoms with van der Waals surface area (Å²) in [6.45, 7) is 6.31. The molecule has 1 aromatic carbocycles. The van der Waals surface area contributed by atoms with Crippen LogP contribution < -0.4 is 11.1 Å². The summed E-state index contributed by atoms with van der Waals surface area (Å²) in [5, 5.41) is 2.72. The molecule has 1 aliphatic carbocycles. The van der Waals surface area contributed by atoms with Crippen molar-refractivity contribution in [2.45, 2.75) is 57.9 Å². The van der Waals surface area contributed by atoms with Crippen molar-refractivity contribution in [2.24, 2.45) is 11.7 Å². The Morgan fingerprint density at radius 2 is 1.83 bits per heavy atom. The molecule has 130 valence electrons. The number of nitrogens with two attached hydrogens (primary N) is 1. The maximum absolute atomic E-state index is 12.4. The highest BCUT2D eigenvalue weighted by molar-refractivity contribution is 5.97. The second-order valence-corrected chi connectivity index (χ2v) is 7.58. The number of carbonyl (C=O) groups is 3. The van der Waals surface area contributed by atoms with Gasteiger partial charge in [0.1, 0.15) is 11.8 Å². The summed E-state index contributed by atoms with van der Waals surface area (Å²) in [7, 11) is 0. The van der Waals surface area contributed by atoms with Crippen molar-refractivity contribution < 1.29 is 14.4 Å². The first-order chi connectivity index (χ1) is 11.2. The van der Waals surface area contributed by atoms with Crippen LogP contribution in [0.1, 0.15) is 62.4 Å². The molecule has 0 heterocycles. The first-order valence-corrected chi connectivity index (χ1v) is 8.41. The maximum Gasteiger partial charge on any atom is 0.251 e. The molecule has 0 saturated heterocycles. The monoisotopic (exact) mass is 330 g/mol. The van der Waals surface area contributed by atoms with E-state index in [1.54, 1.807) is 12.1 Å². The molecule has 1 aliphatic rings. The molecule has 5 nitrogen and oxygen atoms in total. The third-order valence-corrected chi connectivity index (χ3v) is 4.60. The van der Waals surface area contributed by atoms with Gasteiger partial charge < -0.3 is 11.1 Å². The first-order valence-electron chi connectivity index (χ1n) is 8.41. The predicted octanol–water partition coefficient (Wildman–Crippen LogP) is 2.33. The minimum absolute atomic E-state index is 0.00717. The van der Waals surface area contributed by atoms with Gasteiger partial charge >= 0.3 is 0 Å². The number of carbonyl (C=O) groups excluding carboxylic acids is 3. The van der Waals surface area contributed by atoms with E-state index in [9.17, 15) is 14.4 Å². The summed E-state index contributed by atoms with van der Waals surface area (Å²) in [5.41, 5.74) is 7.07. The lowest BCUT2D eigenvalue weighted by molar-refractivity contribution is -0.124. The zero-order valence-electron chi connectivity index (χ0n) is 14.6. The topological polar surface area (TPSA) is 89.3 Å². The fourth-order valence-corrected chi connectivity index (χ4v) is 3.11. The lowest BCUT2D eigenvalue weighted by Crippen LogP contribution is -2.50. The molecule has 2 rings (SSSR count). The van der Waals surface area contributed by atoms with E-state index in [0.717, 1.165) is 18.4 Å². The SMILES string of the molecule is CC(C)(C)c1ccc(C(=O)N[C@H](C(N)=O)[C@H]2CCCC(=O)C2)cc1. The number of nitrogens with one attached hydrogen (secondary N) is 1. The quantitative estimate of drug-likeness (QED) is 0.888. The molecule has 0 radical (unpaired) electrons. The number of hydrogen-bond donors (Lipinski definition) is 2. The summed E-state index contributed by atoms with van der Waals surface area (Å²) in [6, 6.07) is 6.53. The van der Waals surface area contributed by atoms with Crippen LogP contribution in [0.2, 0.25) is 0 Å². The zero-order chi connectivity index (χ0) is 17.9. The lowest BCUT2D eigenvalue weighted by atomic mass is 9.82. The zero-order valence-corrected chi connectivity index (χ0v) is 14.6. The molecule has 1 aromatic rings. The molecule has 24 heavy (non-hydrogen) atoms. The fourth-order valence-electron chi connectivity index (χ4n) is 3.11. The van der Waals surface area contributed by atoms with Crippen LogP contribution in [-0.4, -0.2) is 23.6 Å². The van der Waals surface area contributed by atoms with Crippen LogP contribution in [0.3, 0.4) is 0 Å².